The third-order valence-electron chi connectivity index (χ3n) is 3.09. The van der Waals surface area contributed by atoms with E-state index >= 15 is 0 Å². The summed E-state index contributed by atoms with van der Waals surface area (Å²) in [6.07, 6.45) is 0. The van der Waals surface area contributed by atoms with Crippen molar-refractivity contribution in [2.45, 2.75) is 12.8 Å². The molecule has 0 radical (unpaired) electrons. The van der Waals surface area contributed by atoms with E-state index in [1.165, 1.54) is 5.56 Å². The van der Waals surface area contributed by atoms with E-state index < -0.39 is 0 Å². The predicted octanol–water partition coefficient (Wildman–Crippen LogP) is 4.37. The summed E-state index contributed by atoms with van der Waals surface area (Å²) >= 11 is 5.80. The second-order valence-electron chi connectivity index (χ2n) is 4.49. The average Bonchev–Trinajstić information content (AvgIpc) is 2.45. The van der Waals surface area contributed by atoms with E-state index in [1.807, 2.05) is 42.3 Å². The zero-order valence-electron chi connectivity index (χ0n) is 11.0. The molecule has 0 atom stereocenters. The van der Waals surface area contributed by atoms with Crippen LogP contribution in [0.1, 0.15) is 16.7 Å². The molecule has 0 aliphatic heterocycles. The molecule has 0 amide bonds. The summed E-state index contributed by atoms with van der Waals surface area (Å²) in [5.41, 5.74) is 4.75. The van der Waals surface area contributed by atoms with Gasteiger partial charge in [0.25, 0.3) is 0 Å². The highest BCUT2D eigenvalue weighted by molar-refractivity contribution is 6.17. The highest BCUT2D eigenvalue weighted by atomic mass is 35.5. The molecule has 19 heavy (non-hydrogen) atoms. The Morgan fingerprint density at radius 1 is 1.21 bits per heavy atom. The van der Waals surface area contributed by atoms with Crippen molar-refractivity contribution in [3.63, 3.8) is 0 Å². The minimum atomic E-state index is 0.420. The highest BCUT2D eigenvalue weighted by Crippen LogP contribution is 2.28. The van der Waals surface area contributed by atoms with Gasteiger partial charge in [0.05, 0.1) is 11.3 Å². The maximum absolute atomic E-state index is 9.27. The van der Waals surface area contributed by atoms with Crippen molar-refractivity contribution in [2.75, 3.05) is 11.9 Å². The maximum atomic E-state index is 9.27. The van der Waals surface area contributed by atoms with Gasteiger partial charge in [-0.15, -0.1) is 11.6 Å². The van der Waals surface area contributed by atoms with Crippen LogP contribution in [0.15, 0.2) is 42.5 Å². The number of halogens is 1. The molecule has 2 nitrogen and oxygen atoms in total. The monoisotopic (exact) mass is 270 g/mol. The molecule has 0 aliphatic rings. The van der Waals surface area contributed by atoms with Gasteiger partial charge in [-0.25, -0.2) is 0 Å². The van der Waals surface area contributed by atoms with Gasteiger partial charge in [-0.1, -0.05) is 18.2 Å². The Morgan fingerprint density at radius 3 is 2.63 bits per heavy atom. The van der Waals surface area contributed by atoms with Gasteiger partial charge in [0, 0.05) is 18.6 Å². The number of benzene rings is 2. The summed E-state index contributed by atoms with van der Waals surface area (Å²) in [6, 6.07) is 16.2. The Balaban J connectivity index is 2.44. The first kappa shape index (κ1) is 13.5. The molecule has 3 heteroatoms. The number of aryl methyl sites for hydroxylation is 1. The zero-order chi connectivity index (χ0) is 13.8. The first-order valence-corrected chi connectivity index (χ1v) is 6.58. The summed E-state index contributed by atoms with van der Waals surface area (Å²) < 4.78 is 0. The van der Waals surface area contributed by atoms with E-state index in [2.05, 4.69) is 25.1 Å². The van der Waals surface area contributed by atoms with Gasteiger partial charge < -0.3 is 4.90 Å². The lowest BCUT2D eigenvalue weighted by atomic mass is 10.1. The third-order valence-corrected chi connectivity index (χ3v) is 3.39. The van der Waals surface area contributed by atoms with Gasteiger partial charge >= 0.3 is 0 Å². The highest BCUT2D eigenvalue weighted by Gasteiger charge is 2.10. The second-order valence-corrected chi connectivity index (χ2v) is 4.76. The molecule has 96 valence electrons. The number of hydrogen-bond acceptors (Lipinski definition) is 2. The molecule has 0 N–H and O–H groups in total. The van der Waals surface area contributed by atoms with Gasteiger partial charge in [-0.3, -0.25) is 0 Å². The lowest BCUT2D eigenvalue weighted by molar-refractivity contribution is 1.18. The van der Waals surface area contributed by atoms with Crippen molar-refractivity contribution in [1.82, 2.24) is 0 Å². The van der Waals surface area contributed by atoms with Crippen molar-refractivity contribution in [1.29, 1.82) is 5.26 Å². The average molecular weight is 271 g/mol. The van der Waals surface area contributed by atoms with E-state index in [9.17, 15) is 5.26 Å². The summed E-state index contributed by atoms with van der Waals surface area (Å²) in [4.78, 5) is 2.02. The van der Waals surface area contributed by atoms with Gasteiger partial charge in [-0.05, 0) is 42.3 Å². The summed E-state index contributed by atoms with van der Waals surface area (Å²) in [5, 5.41) is 9.27. The Hall–Kier alpha value is -1.98. The number of alkyl halides is 1. The molecule has 0 aromatic heterocycles. The van der Waals surface area contributed by atoms with Crippen molar-refractivity contribution < 1.29 is 0 Å². The van der Waals surface area contributed by atoms with Crippen LogP contribution < -0.4 is 4.90 Å². The molecule has 0 fully saturated rings. The molecule has 0 saturated carbocycles. The second kappa shape index (κ2) is 5.77. The van der Waals surface area contributed by atoms with E-state index in [-0.39, 0.29) is 0 Å². The quantitative estimate of drug-likeness (QED) is 0.774. The number of nitrogens with zero attached hydrogens (tertiary/aromatic N) is 2. The third kappa shape index (κ3) is 2.89. The predicted molar refractivity (Wildman–Crippen MR) is 80.0 cm³/mol. The minimum absolute atomic E-state index is 0.420. The Bertz CT molecular complexity index is 629. The van der Waals surface area contributed by atoms with Crippen LogP contribution in [0.25, 0.3) is 0 Å². The van der Waals surface area contributed by atoms with Crippen LogP contribution >= 0.6 is 11.6 Å². The molecule has 0 aliphatic carbocycles. The van der Waals surface area contributed by atoms with Crippen LogP contribution in [0.2, 0.25) is 0 Å². The van der Waals surface area contributed by atoms with E-state index in [1.54, 1.807) is 0 Å². The van der Waals surface area contributed by atoms with Gasteiger partial charge in [0.15, 0.2) is 0 Å². The molecular formula is C16H15ClN2. The van der Waals surface area contributed by atoms with Crippen molar-refractivity contribution in [3.05, 3.63) is 59.2 Å². The van der Waals surface area contributed by atoms with Gasteiger partial charge in [-0.2, -0.15) is 5.26 Å². The molecule has 2 aromatic carbocycles. The standard InChI is InChI=1S/C16H15ClN2/c1-12-4-3-5-15(8-12)19(2)16-7-6-13(10-17)9-14(16)11-18/h3-9H,10H2,1-2H3. The van der Waals surface area contributed by atoms with E-state index in [0.29, 0.717) is 11.4 Å². The van der Waals surface area contributed by atoms with Crippen molar-refractivity contribution >= 4 is 23.0 Å². The van der Waals surface area contributed by atoms with Crippen LogP contribution in [-0.4, -0.2) is 7.05 Å². The molecule has 0 heterocycles. The van der Waals surface area contributed by atoms with Crippen LogP contribution in [0, 0.1) is 18.3 Å². The number of hydrogen-bond donors (Lipinski definition) is 0. The fraction of sp³-hybridized carbons (Fsp3) is 0.188. The van der Waals surface area contributed by atoms with E-state index in [4.69, 9.17) is 11.6 Å². The summed E-state index contributed by atoms with van der Waals surface area (Å²) in [5.74, 6) is 0.420. The largest absolute Gasteiger partial charge is 0.344 e. The van der Waals surface area contributed by atoms with Crippen LogP contribution in [-0.2, 0) is 5.88 Å². The molecule has 0 spiro atoms. The molecule has 0 bridgehead atoms. The number of anilines is 2. The number of rotatable bonds is 3. The smallest absolute Gasteiger partial charge is 0.101 e. The van der Waals surface area contributed by atoms with Gasteiger partial charge in [0.1, 0.15) is 6.07 Å². The Morgan fingerprint density at radius 2 is 2.00 bits per heavy atom. The normalized spacial score (nSPS) is 10.0. The molecule has 2 aromatic rings. The van der Waals surface area contributed by atoms with Crippen LogP contribution in [0.5, 0.6) is 0 Å². The van der Waals surface area contributed by atoms with Crippen LogP contribution in [0.4, 0.5) is 11.4 Å². The lowest BCUT2D eigenvalue weighted by Gasteiger charge is -2.21. The first-order chi connectivity index (χ1) is 9.15. The maximum Gasteiger partial charge on any atom is 0.101 e. The summed E-state index contributed by atoms with van der Waals surface area (Å²) in [6.45, 7) is 2.05. The van der Waals surface area contributed by atoms with Crippen LogP contribution in [0.3, 0.4) is 0 Å². The van der Waals surface area contributed by atoms with E-state index in [0.717, 1.165) is 16.9 Å². The molecular weight excluding hydrogens is 256 g/mol. The topological polar surface area (TPSA) is 27.0 Å². The Labute approximate surface area is 118 Å². The molecule has 0 unspecified atom stereocenters. The molecule has 2 rings (SSSR count). The van der Waals surface area contributed by atoms with Crippen molar-refractivity contribution in [3.8, 4) is 6.07 Å². The minimum Gasteiger partial charge on any atom is -0.344 e. The lowest BCUT2D eigenvalue weighted by Crippen LogP contribution is -2.11. The van der Waals surface area contributed by atoms with Crippen molar-refractivity contribution in [2.24, 2.45) is 0 Å². The first-order valence-electron chi connectivity index (χ1n) is 6.05. The Kier molecular flexibility index (Phi) is 4.09. The number of nitriles is 1. The van der Waals surface area contributed by atoms with Gasteiger partial charge in [0.2, 0.25) is 0 Å². The SMILES string of the molecule is Cc1cccc(N(C)c2ccc(CCl)cc2C#N)c1. The fourth-order valence-corrected chi connectivity index (χ4v) is 2.19. The fourth-order valence-electron chi connectivity index (χ4n) is 2.02. The zero-order valence-corrected chi connectivity index (χ0v) is 11.8. The molecule has 0 saturated heterocycles. The summed E-state index contributed by atoms with van der Waals surface area (Å²) in [7, 11) is 1.96.